The van der Waals surface area contributed by atoms with E-state index in [1.54, 1.807) is 6.07 Å². The lowest BCUT2D eigenvalue weighted by Gasteiger charge is -2.06. The van der Waals surface area contributed by atoms with Crippen molar-refractivity contribution in [1.29, 1.82) is 0 Å². The number of hydrogen-bond acceptors (Lipinski definition) is 1. The number of allylic oxidation sites excluding steroid dienone is 1. The largest absolute Gasteiger partial charge is 0.506 e. The summed E-state index contributed by atoms with van der Waals surface area (Å²) < 4.78 is 0.867. The van der Waals surface area contributed by atoms with E-state index in [0.29, 0.717) is 11.4 Å². The lowest BCUT2D eigenvalue weighted by Crippen LogP contribution is -1.87. The lowest BCUT2D eigenvalue weighted by atomic mass is 10.1. The maximum absolute atomic E-state index is 9.58. The first kappa shape index (κ1) is 14.5. The Balaban J connectivity index is 0.000000921. The van der Waals surface area contributed by atoms with Crippen LogP contribution in [0, 0.1) is 0 Å². The maximum Gasteiger partial charge on any atom is 0.137 e. The van der Waals surface area contributed by atoms with E-state index >= 15 is 0 Å². The number of hydrogen-bond donors (Lipinski definition) is 1. The normalized spacial score (nSPS) is 9.13. The Labute approximate surface area is 105 Å². The molecule has 0 spiro atoms. The van der Waals surface area contributed by atoms with Crippen LogP contribution in [-0.4, -0.2) is 5.11 Å². The number of benzene rings is 1. The third kappa shape index (κ3) is 4.72. The van der Waals surface area contributed by atoms with E-state index in [1.807, 2.05) is 26.8 Å². The Hall–Kier alpha value is -0.470. The SMILES string of the molecule is C=C(C)Cc1cc(Br)cc(Cl)c1O.CC. The van der Waals surface area contributed by atoms with Crippen LogP contribution in [0.5, 0.6) is 5.75 Å². The third-order valence-electron chi connectivity index (χ3n) is 1.60. The van der Waals surface area contributed by atoms with Gasteiger partial charge >= 0.3 is 0 Å². The minimum atomic E-state index is 0.146. The van der Waals surface area contributed by atoms with Crippen LogP contribution in [0.4, 0.5) is 0 Å². The molecule has 0 aliphatic rings. The Morgan fingerprint density at radius 2 is 2.00 bits per heavy atom. The molecule has 15 heavy (non-hydrogen) atoms. The first-order chi connectivity index (χ1) is 7.00. The van der Waals surface area contributed by atoms with Crippen molar-refractivity contribution < 1.29 is 5.11 Å². The summed E-state index contributed by atoms with van der Waals surface area (Å²) in [5.74, 6) is 0.146. The van der Waals surface area contributed by atoms with Crippen LogP contribution in [0.1, 0.15) is 26.3 Å². The van der Waals surface area contributed by atoms with Crippen LogP contribution in [0.2, 0.25) is 5.02 Å². The zero-order valence-electron chi connectivity index (χ0n) is 9.27. The van der Waals surface area contributed by atoms with Gasteiger partial charge in [-0.2, -0.15) is 0 Å². The summed E-state index contributed by atoms with van der Waals surface area (Å²) in [6.45, 7) is 9.69. The molecule has 1 rings (SSSR count). The molecule has 0 aliphatic heterocycles. The van der Waals surface area contributed by atoms with Crippen LogP contribution in [0.25, 0.3) is 0 Å². The first-order valence-corrected chi connectivity index (χ1v) is 5.99. The predicted octanol–water partition coefficient (Wildman–Crippen LogP) is 4.95. The highest BCUT2D eigenvalue weighted by molar-refractivity contribution is 9.10. The number of aromatic hydroxyl groups is 1. The van der Waals surface area contributed by atoms with Gasteiger partial charge in [-0.1, -0.05) is 53.5 Å². The molecule has 0 saturated carbocycles. The Bertz CT molecular complexity index is 348. The fraction of sp³-hybridized carbons (Fsp3) is 0.333. The van der Waals surface area contributed by atoms with Gasteiger partial charge in [0, 0.05) is 10.0 Å². The second-order valence-corrected chi connectivity index (χ2v) is 4.35. The summed E-state index contributed by atoms with van der Waals surface area (Å²) in [6.07, 6.45) is 0.644. The zero-order valence-corrected chi connectivity index (χ0v) is 11.6. The predicted molar refractivity (Wildman–Crippen MR) is 70.7 cm³/mol. The molecule has 0 aliphatic carbocycles. The fourth-order valence-corrected chi connectivity index (χ4v) is 1.96. The van der Waals surface area contributed by atoms with Gasteiger partial charge in [-0.05, 0) is 25.5 Å². The van der Waals surface area contributed by atoms with E-state index in [-0.39, 0.29) is 5.75 Å². The molecule has 0 heterocycles. The van der Waals surface area contributed by atoms with Gasteiger partial charge in [0.15, 0.2) is 0 Å². The summed E-state index contributed by atoms with van der Waals surface area (Å²) in [6, 6.07) is 3.51. The van der Waals surface area contributed by atoms with Gasteiger partial charge in [0.2, 0.25) is 0 Å². The molecular formula is C12H16BrClO. The molecule has 0 unspecified atom stereocenters. The molecule has 0 amide bonds. The molecule has 1 aromatic carbocycles. The van der Waals surface area contributed by atoms with Gasteiger partial charge in [0.25, 0.3) is 0 Å². The van der Waals surface area contributed by atoms with Crippen LogP contribution in [0.3, 0.4) is 0 Å². The minimum Gasteiger partial charge on any atom is -0.506 e. The van der Waals surface area contributed by atoms with Crippen molar-refractivity contribution in [3.63, 3.8) is 0 Å². The molecule has 1 nitrogen and oxygen atoms in total. The Morgan fingerprint density at radius 1 is 1.47 bits per heavy atom. The highest BCUT2D eigenvalue weighted by Crippen LogP contribution is 2.32. The second kappa shape index (κ2) is 6.91. The number of phenolic OH excluding ortho intramolecular Hbond substituents is 1. The van der Waals surface area contributed by atoms with Gasteiger partial charge in [0.1, 0.15) is 5.75 Å². The summed E-state index contributed by atoms with van der Waals surface area (Å²) in [4.78, 5) is 0. The molecule has 3 heteroatoms. The van der Waals surface area contributed by atoms with Crippen molar-refractivity contribution in [2.75, 3.05) is 0 Å². The van der Waals surface area contributed by atoms with Crippen LogP contribution >= 0.6 is 27.5 Å². The van der Waals surface area contributed by atoms with Gasteiger partial charge in [-0.15, -0.1) is 0 Å². The highest BCUT2D eigenvalue weighted by atomic mass is 79.9. The van der Waals surface area contributed by atoms with Crippen molar-refractivity contribution in [2.45, 2.75) is 27.2 Å². The van der Waals surface area contributed by atoms with Crippen LogP contribution in [0.15, 0.2) is 28.8 Å². The van der Waals surface area contributed by atoms with Gasteiger partial charge in [0.05, 0.1) is 5.02 Å². The topological polar surface area (TPSA) is 20.2 Å². The van der Waals surface area contributed by atoms with Gasteiger partial charge < -0.3 is 5.11 Å². The van der Waals surface area contributed by atoms with E-state index in [1.165, 1.54) is 0 Å². The standard InChI is InChI=1S/C10H10BrClO.C2H6/c1-6(2)3-7-4-8(11)5-9(12)10(7)13;1-2/h4-5,13H,1,3H2,2H3;1-2H3. The van der Waals surface area contributed by atoms with Crippen LogP contribution < -0.4 is 0 Å². The number of rotatable bonds is 2. The monoisotopic (exact) mass is 290 g/mol. The van der Waals surface area contributed by atoms with Gasteiger partial charge in [-0.3, -0.25) is 0 Å². The quantitative estimate of drug-likeness (QED) is 0.764. The summed E-state index contributed by atoms with van der Waals surface area (Å²) in [5, 5.41) is 9.94. The van der Waals surface area contributed by atoms with Crippen molar-refractivity contribution in [3.05, 3.63) is 39.3 Å². The highest BCUT2D eigenvalue weighted by Gasteiger charge is 2.07. The summed E-state index contributed by atoms with van der Waals surface area (Å²) >= 11 is 9.10. The molecular weight excluding hydrogens is 275 g/mol. The Morgan fingerprint density at radius 3 is 2.47 bits per heavy atom. The fourth-order valence-electron chi connectivity index (χ4n) is 1.08. The third-order valence-corrected chi connectivity index (χ3v) is 2.35. The molecule has 84 valence electrons. The summed E-state index contributed by atoms with van der Waals surface area (Å²) in [5.41, 5.74) is 1.79. The molecule has 0 fully saturated rings. The number of phenols is 1. The van der Waals surface area contributed by atoms with Crippen molar-refractivity contribution in [3.8, 4) is 5.75 Å². The van der Waals surface area contributed by atoms with E-state index in [4.69, 9.17) is 11.6 Å². The van der Waals surface area contributed by atoms with Crippen LogP contribution in [-0.2, 0) is 6.42 Å². The maximum atomic E-state index is 9.58. The second-order valence-electron chi connectivity index (χ2n) is 3.03. The Kier molecular flexibility index (Phi) is 6.70. The molecule has 0 aromatic heterocycles. The molecule has 0 radical (unpaired) electrons. The zero-order chi connectivity index (χ0) is 12.0. The van der Waals surface area contributed by atoms with Gasteiger partial charge in [-0.25, -0.2) is 0 Å². The average molecular weight is 292 g/mol. The minimum absolute atomic E-state index is 0.146. The van der Waals surface area contributed by atoms with Crippen molar-refractivity contribution >= 4 is 27.5 Å². The smallest absolute Gasteiger partial charge is 0.137 e. The van der Waals surface area contributed by atoms with E-state index < -0.39 is 0 Å². The first-order valence-electron chi connectivity index (χ1n) is 4.82. The molecule has 0 atom stereocenters. The van der Waals surface area contributed by atoms with E-state index in [0.717, 1.165) is 15.6 Å². The van der Waals surface area contributed by atoms with E-state index in [9.17, 15) is 5.11 Å². The molecule has 0 saturated heterocycles. The van der Waals surface area contributed by atoms with E-state index in [2.05, 4.69) is 22.5 Å². The lowest BCUT2D eigenvalue weighted by molar-refractivity contribution is 0.469. The van der Waals surface area contributed by atoms with Crippen molar-refractivity contribution in [1.82, 2.24) is 0 Å². The average Bonchev–Trinajstić information content (AvgIpc) is 2.16. The number of halogens is 2. The van der Waals surface area contributed by atoms with Crippen molar-refractivity contribution in [2.24, 2.45) is 0 Å². The molecule has 1 aromatic rings. The molecule has 1 N–H and O–H groups in total. The summed E-state index contributed by atoms with van der Waals surface area (Å²) in [7, 11) is 0. The molecule has 0 bridgehead atoms.